The van der Waals surface area contributed by atoms with E-state index in [9.17, 15) is 13.2 Å². The van der Waals surface area contributed by atoms with Crippen molar-refractivity contribution in [3.8, 4) is 0 Å². The minimum absolute atomic E-state index is 0.123. The van der Waals surface area contributed by atoms with Gasteiger partial charge in [-0.05, 0) is 24.3 Å². The van der Waals surface area contributed by atoms with Crippen LogP contribution in [0.5, 0.6) is 0 Å². The van der Waals surface area contributed by atoms with Crippen LogP contribution in [0.2, 0.25) is 0 Å². The van der Waals surface area contributed by atoms with Crippen molar-refractivity contribution in [2.24, 2.45) is 0 Å². The van der Waals surface area contributed by atoms with Gasteiger partial charge in [0.2, 0.25) is 0 Å². The quantitative estimate of drug-likeness (QED) is 0.842. The van der Waals surface area contributed by atoms with Crippen LogP contribution in [0.3, 0.4) is 0 Å². The third kappa shape index (κ3) is 5.13. The molecule has 0 aliphatic heterocycles. The number of alkyl halides is 3. The maximum absolute atomic E-state index is 12.2. The van der Waals surface area contributed by atoms with Crippen LogP contribution >= 0.6 is 0 Å². The highest BCUT2D eigenvalue weighted by Crippen LogP contribution is 2.28. The number of benzene rings is 1. The van der Waals surface area contributed by atoms with Gasteiger partial charge in [-0.15, -0.1) is 0 Å². The summed E-state index contributed by atoms with van der Waals surface area (Å²) < 4.78 is 36.6. The first kappa shape index (κ1) is 17.0. The second kappa shape index (κ2) is 6.59. The molecule has 1 aromatic rings. The first-order chi connectivity index (χ1) is 9.13. The second-order valence-electron chi connectivity index (χ2n) is 5.82. The Morgan fingerprint density at radius 3 is 2.20 bits per heavy atom. The highest BCUT2D eigenvalue weighted by Gasteiger charge is 2.38. The van der Waals surface area contributed by atoms with E-state index in [-0.39, 0.29) is 11.5 Å². The summed E-state index contributed by atoms with van der Waals surface area (Å²) in [7, 11) is 0. The molecule has 0 aliphatic carbocycles. The standard InChI is InChI=1S/C15H22F3NO/c1-11(19-10-13(20)15(16,17)18)9-14(2,3)12-7-5-4-6-8-12/h4-8,11,13,19-20H,9-10H2,1-3H3. The van der Waals surface area contributed by atoms with Crippen molar-refractivity contribution in [3.63, 3.8) is 0 Å². The van der Waals surface area contributed by atoms with Gasteiger partial charge in [0.1, 0.15) is 0 Å². The highest BCUT2D eigenvalue weighted by molar-refractivity contribution is 5.23. The van der Waals surface area contributed by atoms with Gasteiger partial charge in [0.05, 0.1) is 0 Å². The summed E-state index contributed by atoms with van der Waals surface area (Å²) in [4.78, 5) is 0. The number of rotatable bonds is 6. The minimum atomic E-state index is -4.57. The number of halogens is 3. The van der Waals surface area contributed by atoms with E-state index < -0.39 is 18.8 Å². The van der Waals surface area contributed by atoms with Gasteiger partial charge >= 0.3 is 6.18 Å². The Morgan fingerprint density at radius 2 is 1.70 bits per heavy atom. The average Bonchev–Trinajstić information content (AvgIpc) is 2.35. The summed E-state index contributed by atoms with van der Waals surface area (Å²) in [6, 6.07) is 9.72. The molecule has 0 spiro atoms. The molecular weight excluding hydrogens is 267 g/mol. The molecule has 0 bridgehead atoms. The van der Waals surface area contributed by atoms with Crippen molar-refractivity contribution in [1.82, 2.24) is 5.32 Å². The van der Waals surface area contributed by atoms with Crippen molar-refractivity contribution in [2.45, 2.75) is 50.9 Å². The van der Waals surface area contributed by atoms with E-state index in [4.69, 9.17) is 5.11 Å². The molecule has 0 saturated heterocycles. The lowest BCUT2D eigenvalue weighted by Crippen LogP contribution is -2.43. The van der Waals surface area contributed by atoms with Crippen molar-refractivity contribution < 1.29 is 18.3 Å². The van der Waals surface area contributed by atoms with Gasteiger partial charge in [0.15, 0.2) is 6.10 Å². The molecule has 0 fully saturated rings. The monoisotopic (exact) mass is 289 g/mol. The van der Waals surface area contributed by atoms with Crippen LogP contribution in [-0.4, -0.2) is 30.0 Å². The summed E-state index contributed by atoms with van der Waals surface area (Å²) in [6.07, 6.45) is -6.20. The Bertz CT molecular complexity index is 403. The van der Waals surface area contributed by atoms with Gasteiger partial charge in [-0.1, -0.05) is 44.2 Å². The van der Waals surface area contributed by atoms with E-state index >= 15 is 0 Å². The molecule has 0 heterocycles. The largest absolute Gasteiger partial charge is 0.415 e. The fourth-order valence-corrected chi connectivity index (χ4v) is 2.27. The van der Waals surface area contributed by atoms with Gasteiger partial charge in [-0.2, -0.15) is 13.2 Å². The Kier molecular flexibility index (Phi) is 5.59. The lowest BCUT2D eigenvalue weighted by molar-refractivity contribution is -0.202. The smallest absolute Gasteiger partial charge is 0.382 e. The molecule has 0 aliphatic rings. The zero-order chi connectivity index (χ0) is 15.4. The molecular formula is C15H22F3NO. The predicted octanol–water partition coefficient (Wildman–Crippen LogP) is 3.26. The molecule has 114 valence electrons. The molecule has 20 heavy (non-hydrogen) atoms. The Hall–Kier alpha value is -1.07. The van der Waals surface area contributed by atoms with Crippen LogP contribution in [0.25, 0.3) is 0 Å². The number of hydrogen-bond donors (Lipinski definition) is 2. The van der Waals surface area contributed by atoms with Gasteiger partial charge in [-0.3, -0.25) is 0 Å². The molecule has 0 amide bonds. The zero-order valence-corrected chi connectivity index (χ0v) is 12.0. The van der Waals surface area contributed by atoms with Crippen molar-refractivity contribution >= 4 is 0 Å². The van der Waals surface area contributed by atoms with Crippen molar-refractivity contribution in [3.05, 3.63) is 35.9 Å². The Morgan fingerprint density at radius 1 is 1.15 bits per heavy atom. The molecule has 2 unspecified atom stereocenters. The second-order valence-corrected chi connectivity index (χ2v) is 5.82. The van der Waals surface area contributed by atoms with E-state index in [1.54, 1.807) is 0 Å². The average molecular weight is 289 g/mol. The van der Waals surface area contributed by atoms with Crippen molar-refractivity contribution in [1.29, 1.82) is 0 Å². The SMILES string of the molecule is CC(CC(C)(C)c1ccccc1)NCC(O)C(F)(F)F. The Balaban J connectivity index is 2.52. The molecule has 2 N–H and O–H groups in total. The van der Waals surface area contributed by atoms with E-state index in [0.29, 0.717) is 6.42 Å². The van der Waals surface area contributed by atoms with E-state index in [1.807, 2.05) is 37.3 Å². The maximum Gasteiger partial charge on any atom is 0.415 e. The molecule has 0 aromatic heterocycles. The molecule has 2 nitrogen and oxygen atoms in total. The summed E-state index contributed by atoms with van der Waals surface area (Å²) >= 11 is 0. The van der Waals surface area contributed by atoms with Gasteiger partial charge < -0.3 is 10.4 Å². The first-order valence-corrected chi connectivity index (χ1v) is 6.66. The summed E-state index contributed by atoms with van der Waals surface area (Å²) in [6.45, 7) is 5.46. The summed E-state index contributed by atoms with van der Waals surface area (Å²) in [5.41, 5.74) is 1.00. The number of aliphatic hydroxyl groups excluding tert-OH is 1. The molecule has 1 rings (SSSR count). The van der Waals surface area contributed by atoms with Gasteiger partial charge in [0.25, 0.3) is 0 Å². The molecule has 2 atom stereocenters. The van der Waals surface area contributed by atoms with Gasteiger partial charge in [-0.25, -0.2) is 0 Å². The maximum atomic E-state index is 12.2. The van der Waals surface area contributed by atoms with Crippen LogP contribution in [-0.2, 0) is 5.41 Å². The fraction of sp³-hybridized carbons (Fsp3) is 0.600. The van der Waals surface area contributed by atoms with Crippen LogP contribution in [0, 0.1) is 0 Å². The predicted molar refractivity (Wildman–Crippen MR) is 73.6 cm³/mol. The lowest BCUT2D eigenvalue weighted by atomic mass is 9.79. The molecule has 5 heteroatoms. The molecule has 0 saturated carbocycles. The molecule has 1 aromatic carbocycles. The van der Waals surface area contributed by atoms with Gasteiger partial charge in [0, 0.05) is 12.6 Å². The normalized spacial score (nSPS) is 15.9. The summed E-state index contributed by atoms with van der Waals surface area (Å²) in [5.74, 6) is 0. The number of hydrogen-bond acceptors (Lipinski definition) is 2. The van der Waals surface area contributed by atoms with Crippen LogP contribution in [0.1, 0.15) is 32.8 Å². The summed E-state index contributed by atoms with van der Waals surface area (Å²) in [5, 5.41) is 11.7. The van der Waals surface area contributed by atoms with Crippen molar-refractivity contribution in [2.75, 3.05) is 6.54 Å². The third-order valence-electron chi connectivity index (χ3n) is 3.41. The molecule has 0 radical (unpaired) electrons. The topological polar surface area (TPSA) is 32.3 Å². The fourth-order valence-electron chi connectivity index (χ4n) is 2.27. The van der Waals surface area contributed by atoms with E-state index in [2.05, 4.69) is 19.2 Å². The van der Waals surface area contributed by atoms with Crippen LogP contribution < -0.4 is 5.32 Å². The number of nitrogens with one attached hydrogen (secondary N) is 1. The van der Waals surface area contributed by atoms with E-state index in [0.717, 1.165) is 5.56 Å². The third-order valence-corrected chi connectivity index (χ3v) is 3.41. The zero-order valence-electron chi connectivity index (χ0n) is 12.0. The van der Waals surface area contributed by atoms with Crippen LogP contribution in [0.15, 0.2) is 30.3 Å². The minimum Gasteiger partial charge on any atom is -0.382 e. The van der Waals surface area contributed by atoms with Crippen LogP contribution in [0.4, 0.5) is 13.2 Å². The first-order valence-electron chi connectivity index (χ1n) is 6.66. The number of aliphatic hydroxyl groups is 1. The lowest BCUT2D eigenvalue weighted by Gasteiger charge is -2.30. The highest BCUT2D eigenvalue weighted by atomic mass is 19.4. The van der Waals surface area contributed by atoms with E-state index in [1.165, 1.54) is 0 Å². The Labute approximate surface area is 118 Å².